The number of rotatable bonds is 10. The molecule has 0 bridgehead atoms. The number of nitrogens with zero attached hydrogens (tertiary/aromatic N) is 3. The van der Waals surface area contributed by atoms with Crippen LogP contribution in [0.5, 0.6) is 0 Å². The van der Waals surface area contributed by atoms with Crippen LogP contribution in [0.15, 0.2) is 57.6 Å². The molecule has 2 amide bonds. The summed E-state index contributed by atoms with van der Waals surface area (Å²) < 4.78 is 5.96. The van der Waals surface area contributed by atoms with Gasteiger partial charge < -0.3 is 14.4 Å². The predicted molar refractivity (Wildman–Crippen MR) is 153 cm³/mol. The van der Waals surface area contributed by atoms with Crippen molar-refractivity contribution in [2.75, 3.05) is 24.5 Å². The second kappa shape index (κ2) is 12.1. The van der Waals surface area contributed by atoms with Gasteiger partial charge in [-0.3, -0.25) is 19.3 Å². The fourth-order valence-corrected chi connectivity index (χ4v) is 6.76. The lowest BCUT2D eigenvalue weighted by Gasteiger charge is -2.35. The van der Waals surface area contributed by atoms with Crippen LogP contribution in [0.1, 0.15) is 48.7 Å². The molecule has 3 aromatic heterocycles. The maximum Gasteiger partial charge on any atom is 0.306 e. The average molecular weight is 566 g/mol. The zero-order valence-electron chi connectivity index (χ0n) is 21.7. The molecular weight excluding hydrogens is 534 g/mol. The van der Waals surface area contributed by atoms with Gasteiger partial charge in [-0.1, -0.05) is 31.2 Å². The molecule has 1 N–H and O–H groups in total. The Bertz CT molecular complexity index is 1410. The molecule has 39 heavy (non-hydrogen) atoms. The molecule has 204 valence electrons. The number of anilines is 1. The van der Waals surface area contributed by atoms with E-state index in [1.807, 2.05) is 54.1 Å². The minimum Gasteiger partial charge on any atom is -0.481 e. The lowest BCUT2D eigenvalue weighted by Crippen LogP contribution is -2.43. The highest BCUT2D eigenvalue weighted by atomic mass is 32.1. The van der Waals surface area contributed by atoms with E-state index in [2.05, 4.69) is 0 Å². The third kappa shape index (κ3) is 6.07. The number of hydrogen-bond acceptors (Lipinski definition) is 7. The molecule has 1 aromatic carbocycles. The second-order valence-corrected chi connectivity index (χ2v) is 11.6. The quantitative estimate of drug-likeness (QED) is 0.239. The Hall–Kier alpha value is -3.50. The number of furan rings is 1. The number of thiophene rings is 1. The molecule has 0 saturated carbocycles. The lowest BCUT2D eigenvalue weighted by atomic mass is 9.83. The van der Waals surface area contributed by atoms with Gasteiger partial charge in [-0.25, -0.2) is 4.98 Å². The SMILES string of the molecule is CCC(C(=O)O)C1CCCN(C(=O)CCCN(C(=O)c2cccs2)c2nc(-c3cc4ccccc4o3)cs2)C1. The molecule has 1 fully saturated rings. The number of para-hydroxylation sites is 1. The normalized spacial score (nSPS) is 16.3. The fraction of sp³-hybridized carbons (Fsp3) is 0.379. The minimum atomic E-state index is -0.787. The van der Waals surface area contributed by atoms with Crippen molar-refractivity contribution < 1.29 is 23.9 Å². The Labute approximate surface area is 234 Å². The van der Waals surface area contributed by atoms with Gasteiger partial charge in [0.2, 0.25) is 5.91 Å². The Balaban J connectivity index is 1.27. The number of aromatic nitrogens is 1. The maximum absolute atomic E-state index is 13.4. The van der Waals surface area contributed by atoms with Crippen LogP contribution in [-0.2, 0) is 9.59 Å². The fourth-order valence-electron chi connectivity index (χ4n) is 5.25. The van der Waals surface area contributed by atoms with Crippen molar-refractivity contribution >= 4 is 56.6 Å². The number of benzene rings is 1. The van der Waals surface area contributed by atoms with E-state index in [4.69, 9.17) is 9.40 Å². The summed E-state index contributed by atoms with van der Waals surface area (Å²) in [5.41, 5.74) is 1.44. The highest BCUT2D eigenvalue weighted by Crippen LogP contribution is 2.33. The zero-order chi connectivity index (χ0) is 27.4. The first kappa shape index (κ1) is 27.1. The summed E-state index contributed by atoms with van der Waals surface area (Å²) in [5, 5.41) is 14.8. The summed E-state index contributed by atoms with van der Waals surface area (Å²) in [7, 11) is 0. The highest BCUT2D eigenvalue weighted by molar-refractivity contribution is 7.14. The number of fused-ring (bicyclic) bond motifs is 1. The molecule has 2 unspecified atom stereocenters. The van der Waals surface area contributed by atoms with Gasteiger partial charge in [-0.15, -0.1) is 22.7 Å². The molecule has 4 heterocycles. The molecule has 8 nitrogen and oxygen atoms in total. The Morgan fingerprint density at radius 2 is 2.05 bits per heavy atom. The molecule has 5 rings (SSSR count). The first-order valence-electron chi connectivity index (χ1n) is 13.2. The molecule has 0 spiro atoms. The Kier molecular flexibility index (Phi) is 8.42. The molecule has 0 aliphatic carbocycles. The van der Waals surface area contributed by atoms with E-state index in [0.717, 1.165) is 23.8 Å². The summed E-state index contributed by atoms with van der Waals surface area (Å²) in [5.74, 6) is -0.730. The number of carboxylic acids is 1. The number of carbonyl (C=O) groups is 3. The standard InChI is InChI=1S/C29H31N3O5S2/c1-2-21(28(35)36)20-9-5-13-31(17-20)26(33)12-6-14-32(27(34)25-11-7-15-38-25)29-30-22(18-39-29)24-16-19-8-3-4-10-23(19)37-24/h3-4,7-8,10-11,15-16,18,20-21H,2,5-6,9,12-14,17H2,1H3,(H,35,36). The summed E-state index contributed by atoms with van der Waals surface area (Å²) in [4.78, 5) is 46.9. The van der Waals surface area contributed by atoms with E-state index in [-0.39, 0.29) is 24.2 Å². The molecule has 1 aliphatic heterocycles. The molecule has 0 radical (unpaired) electrons. The van der Waals surface area contributed by atoms with Gasteiger partial charge in [0.05, 0.1) is 10.8 Å². The van der Waals surface area contributed by atoms with E-state index in [1.54, 1.807) is 15.9 Å². The van der Waals surface area contributed by atoms with E-state index in [9.17, 15) is 19.5 Å². The number of amides is 2. The maximum atomic E-state index is 13.4. The number of hydrogen-bond donors (Lipinski definition) is 1. The third-order valence-corrected chi connectivity index (χ3v) is 9.01. The number of thiazole rings is 1. The van der Waals surface area contributed by atoms with Crippen molar-refractivity contribution in [3.05, 3.63) is 58.1 Å². The number of carbonyl (C=O) groups excluding carboxylic acids is 2. The molecule has 4 aromatic rings. The van der Waals surface area contributed by atoms with Crippen LogP contribution in [0.4, 0.5) is 5.13 Å². The third-order valence-electron chi connectivity index (χ3n) is 7.29. The van der Waals surface area contributed by atoms with E-state index >= 15 is 0 Å². The van der Waals surface area contributed by atoms with Gasteiger partial charge in [0.1, 0.15) is 11.3 Å². The summed E-state index contributed by atoms with van der Waals surface area (Å²) in [6, 6.07) is 13.3. The van der Waals surface area contributed by atoms with Gasteiger partial charge in [0.25, 0.3) is 5.91 Å². The first-order chi connectivity index (χ1) is 18.9. The largest absolute Gasteiger partial charge is 0.481 e. The van der Waals surface area contributed by atoms with Gasteiger partial charge in [-0.2, -0.15) is 0 Å². The van der Waals surface area contributed by atoms with Gasteiger partial charge in [0, 0.05) is 36.8 Å². The molecule has 1 aliphatic rings. The van der Waals surface area contributed by atoms with Crippen molar-refractivity contribution in [1.29, 1.82) is 0 Å². The molecule has 1 saturated heterocycles. The Morgan fingerprint density at radius 3 is 2.79 bits per heavy atom. The predicted octanol–water partition coefficient (Wildman–Crippen LogP) is 6.39. The first-order valence-corrected chi connectivity index (χ1v) is 15.0. The minimum absolute atomic E-state index is 0.00516. The van der Waals surface area contributed by atoms with Gasteiger partial charge >= 0.3 is 5.97 Å². The highest BCUT2D eigenvalue weighted by Gasteiger charge is 2.32. The average Bonchev–Trinajstić information content (AvgIpc) is 3.71. The summed E-state index contributed by atoms with van der Waals surface area (Å²) in [6.07, 6.45) is 2.97. The number of likely N-dealkylation sites (tertiary alicyclic amines) is 1. The van der Waals surface area contributed by atoms with Crippen molar-refractivity contribution in [2.45, 2.75) is 39.0 Å². The summed E-state index contributed by atoms with van der Waals surface area (Å²) >= 11 is 2.75. The lowest BCUT2D eigenvalue weighted by molar-refractivity contribution is -0.146. The molecule has 2 atom stereocenters. The monoisotopic (exact) mass is 565 g/mol. The van der Waals surface area contributed by atoms with Crippen molar-refractivity contribution in [1.82, 2.24) is 9.88 Å². The van der Waals surface area contributed by atoms with Gasteiger partial charge in [0.15, 0.2) is 10.9 Å². The smallest absolute Gasteiger partial charge is 0.306 e. The number of aliphatic carboxylic acids is 1. The van der Waals surface area contributed by atoms with E-state index in [0.29, 0.717) is 53.9 Å². The Morgan fingerprint density at radius 1 is 1.21 bits per heavy atom. The second-order valence-electron chi connectivity index (χ2n) is 9.80. The van der Waals surface area contributed by atoms with Crippen molar-refractivity contribution in [2.24, 2.45) is 11.8 Å². The van der Waals surface area contributed by atoms with Crippen LogP contribution in [0.25, 0.3) is 22.4 Å². The van der Waals surface area contributed by atoms with Crippen LogP contribution in [0.3, 0.4) is 0 Å². The zero-order valence-corrected chi connectivity index (χ0v) is 23.4. The number of piperidine rings is 1. The van der Waals surface area contributed by atoms with E-state index in [1.165, 1.54) is 22.7 Å². The van der Waals surface area contributed by atoms with Gasteiger partial charge in [-0.05, 0) is 55.2 Å². The van der Waals surface area contributed by atoms with E-state index < -0.39 is 11.9 Å². The van der Waals surface area contributed by atoms with Crippen molar-refractivity contribution in [3.8, 4) is 11.5 Å². The van der Waals surface area contributed by atoms with Crippen LogP contribution >= 0.6 is 22.7 Å². The summed E-state index contributed by atoms with van der Waals surface area (Å²) in [6.45, 7) is 3.36. The molecule has 10 heteroatoms. The van der Waals surface area contributed by atoms with Crippen LogP contribution < -0.4 is 4.90 Å². The number of carboxylic acid groups (broad SMARTS) is 1. The van der Waals surface area contributed by atoms with Crippen LogP contribution in [0.2, 0.25) is 0 Å². The van der Waals surface area contributed by atoms with Crippen molar-refractivity contribution in [3.63, 3.8) is 0 Å². The topological polar surface area (TPSA) is 104 Å². The van der Waals surface area contributed by atoms with Crippen LogP contribution in [0, 0.1) is 11.8 Å². The van der Waals surface area contributed by atoms with Crippen LogP contribution in [-0.4, -0.2) is 52.4 Å². The molecular formula is C29H31N3O5S2.